The number of rotatable bonds is 7. The molecule has 0 spiro atoms. The smallest absolute Gasteiger partial charge is 0.272 e. The second kappa shape index (κ2) is 10.1. The topological polar surface area (TPSA) is 54.9 Å². The number of hydrogen-bond donors (Lipinski definition) is 0. The molecule has 0 radical (unpaired) electrons. The van der Waals surface area contributed by atoms with E-state index in [4.69, 9.17) is 26.1 Å². The Morgan fingerprint density at radius 1 is 1.25 bits per heavy atom. The highest BCUT2D eigenvalue weighted by Crippen LogP contribution is 2.33. The highest BCUT2D eigenvalue weighted by Gasteiger charge is 2.36. The number of carbonyl (C=O) groups excluding carboxylic acids is 1. The van der Waals surface area contributed by atoms with Crippen LogP contribution in [0, 0.1) is 0 Å². The van der Waals surface area contributed by atoms with E-state index < -0.39 is 5.60 Å². The highest BCUT2D eigenvalue weighted by atomic mass is 79.9. The molecule has 1 amide bonds. The van der Waals surface area contributed by atoms with E-state index >= 15 is 0 Å². The molecule has 0 unspecified atom stereocenters. The molecule has 6 nitrogen and oxygen atoms in total. The molecule has 0 bridgehead atoms. The van der Waals surface area contributed by atoms with Gasteiger partial charge in [-0.3, -0.25) is 14.6 Å². The lowest BCUT2D eigenvalue weighted by Gasteiger charge is -2.33. The summed E-state index contributed by atoms with van der Waals surface area (Å²) in [4.78, 5) is 22.6. The number of carbonyl (C=O) groups is 1. The Morgan fingerprint density at radius 2 is 1.97 bits per heavy atom. The maximum absolute atomic E-state index is 13.7. The third-order valence-electron chi connectivity index (χ3n) is 5.26. The van der Waals surface area contributed by atoms with E-state index in [1.807, 2.05) is 18.2 Å². The van der Waals surface area contributed by atoms with Crippen LogP contribution in [0.4, 0.5) is 5.13 Å². The van der Waals surface area contributed by atoms with Crippen molar-refractivity contribution < 1.29 is 14.3 Å². The van der Waals surface area contributed by atoms with Crippen LogP contribution in [0.1, 0.15) is 13.8 Å². The summed E-state index contributed by atoms with van der Waals surface area (Å²) in [6.07, 6.45) is 0. The molecule has 1 fully saturated rings. The van der Waals surface area contributed by atoms with Crippen molar-refractivity contribution in [2.45, 2.75) is 19.4 Å². The van der Waals surface area contributed by atoms with Gasteiger partial charge in [0.05, 0.1) is 23.4 Å². The van der Waals surface area contributed by atoms with Crippen molar-refractivity contribution >= 4 is 60.1 Å². The normalized spacial score (nSPS) is 15.1. The van der Waals surface area contributed by atoms with E-state index in [1.165, 1.54) is 11.3 Å². The third-order valence-corrected chi connectivity index (χ3v) is 7.05. The Kier molecular flexibility index (Phi) is 7.37. The summed E-state index contributed by atoms with van der Waals surface area (Å²) in [5, 5.41) is 1.29. The standard InChI is InChI=1S/C23H25BrClN3O3S/c1-23(2,31-18-6-4-17(25)5-7-18)21(29)28(10-9-27-11-13-30-14-12-27)22-26-19-8-3-16(24)15-20(19)32-22/h3-8,15H,9-14H2,1-2H3. The van der Waals surface area contributed by atoms with Crippen LogP contribution in [0.5, 0.6) is 5.75 Å². The molecule has 4 rings (SSSR count). The number of hydrogen-bond acceptors (Lipinski definition) is 6. The second-order valence-corrected chi connectivity index (χ2v) is 10.4. The number of anilines is 1. The molecule has 0 N–H and O–H groups in total. The Balaban J connectivity index is 1.60. The zero-order chi connectivity index (χ0) is 22.7. The first-order valence-corrected chi connectivity index (χ1v) is 12.4. The van der Waals surface area contributed by atoms with Crippen molar-refractivity contribution in [3.8, 4) is 5.75 Å². The SMILES string of the molecule is CC(C)(Oc1ccc(Cl)cc1)C(=O)N(CCN1CCOCC1)c1nc2ccc(Br)cc2s1. The molecular formula is C23H25BrClN3O3S. The lowest BCUT2D eigenvalue weighted by atomic mass is 10.1. The van der Waals surface area contributed by atoms with Gasteiger partial charge in [-0.1, -0.05) is 38.9 Å². The minimum Gasteiger partial charge on any atom is -0.478 e. The van der Waals surface area contributed by atoms with Crippen molar-refractivity contribution in [1.29, 1.82) is 0 Å². The van der Waals surface area contributed by atoms with Gasteiger partial charge < -0.3 is 9.47 Å². The van der Waals surface area contributed by atoms with Crippen LogP contribution in [0.25, 0.3) is 10.2 Å². The van der Waals surface area contributed by atoms with Crippen LogP contribution in [-0.4, -0.2) is 60.8 Å². The number of thiazole rings is 1. The van der Waals surface area contributed by atoms with E-state index in [9.17, 15) is 4.79 Å². The molecule has 0 atom stereocenters. The number of aromatic nitrogens is 1. The predicted octanol–water partition coefficient (Wildman–Crippen LogP) is 5.24. The summed E-state index contributed by atoms with van der Waals surface area (Å²) in [7, 11) is 0. The first-order valence-electron chi connectivity index (χ1n) is 10.4. The van der Waals surface area contributed by atoms with Gasteiger partial charge in [-0.25, -0.2) is 4.98 Å². The molecular weight excluding hydrogens is 514 g/mol. The Hall–Kier alpha value is -1.71. The molecule has 9 heteroatoms. The molecule has 1 aliphatic heterocycles. The lowest BCUT2D eigenvalue weighted by Crippen LogP contribution is -2.51. The Labute approximate surface area is 205 Å². The monoisotopic (exact) mass is 537 g/mol. The fraction of sp³-hybridized carbons (Fsp3) is 0.391. The van der Waals surface area contributed by atoms with E-state index in [0.29, 0.717) is 35.7 Å². The molecule has 32 heavy (non-hydrogen) atoms. The summed E-state index contributed by atoms with van der Waals surface area (Å²) in [5.74, 6) is 0.452. The van der Waals surface area contributed by atoms with Gasteiger partial charge in [-0.2, -0.15) is 0 Å². The molecule has 1 saturated heterocycles. The largest absolute Gasteiger partial charge is 0.478 e. The van der Waals surface area contributed by atoms with Crippen LogP contribution < -0.4 is 9.64 Å². The molecule has 170 valence electrons. The van der Waals surface area contributed by atoms with Gasteiger partial charge in [-0.05, 0) is 56.3 Å². The molecule has 1 aliphatic rings. The summed E-state index contributed by atoms with van der Waals surface area (Å²) in [6, 6.07) is 13.0. The Bertz CT molecular complexity index is 1080. The van der Waals surface area contributed by atoms with Crippen LogP contribution in [0.3, 0.4) is 0 Å². The fourth-order valence-electron chi connectivity index (χ4n) is 3.52. The summed E-state index contributed by atoms with van der Waals surface area (Å²) in [5.41, 5.74) is -0.217. The van der Waals surface area contributed by atoms with Gasteiger partial charge in [-0.15, -0.1) is 0 Å². The molecule has 0 saturated carbocycles. The van der Waals surface area contributed by atoms with E-state index in [2.05, 4.69) is 20.8 Å². The van der Waals surface area contributed by atoms with Gasteiger partial charge in [0.1, 0.15) is 5.75 Å². The number of fused-ring (bicyclic) bond motifs is 1. The molecule has 1 aromatic heterocycles. The van der Waals surface area contributed by atoms with Crippen LogP contribution >= 0.6 is 38.9 Å². The summed E-state index contributed by atoms with van der Waals surface area (Å²) < 4.78 is 13.6. The van der Waals surface area contributed by atoms with Crippen molar-refractivity contribution in [3.63, 3.8) is 0 Å². The molecule has 0 aliphatic carbocycles. The maximum Gasteiger partial charge on any atom is 0.272 e. The first kappa shape index (κ1) is 23.4. The molecule has 3 aromatic rings. The zero-order valence-electron chi connectivity index (χ0n) is 18.0. The van der Waals surface area contributed by atoms with Crippen molar-refractivity contribution in [3.05, 3.63) is 52.0 Å². The van der Waals surface area contributed by atoms with Gasteiger partial charge >= 0.3 is 0 Å². The van der Waals surface area contributed by atoms with E-state index in [-0.39, 0.29) is 5.91 Å². The van der Waals surface area contributed by atoms with Crippen LogP contribution in [-0.2, 0) is 9.53 Å². The third kappa shape index (κ3) is 5.61. The van der Waals surface area contributed by atoms with Gasteiger partial charge in [0.15, 0.2) is 10.7 Å². The highest BCUT2D eigenvalue weighted by molar-refractivity contribution is 9.10. The second-order valence-electron chi connectivity index (χ2n) is 8.09. The summed E-state index contributed by atoms with van der Waals surface area (Å²) >= 11 is 11.0. The predicted molar refractivity (Wildman–Crippen MR) is 133 cm³/mol. The summed E-state index contributed by atoms with van der Waals surface area (Å²) in [6.45, 7) is 7.99. The lowest BCUT2D eigenvalue weighted by molar-refractivity contribution is -0.131. The first-order chi connectivity index (χ1) is 15.3. The minimum absolute atomic E-state index is 0.140. The van der Waals surface area contributed by atoms with Crippen LogP contribution in [0.2, 0.25) is 5.02 Å². The maximum atomic E-state index is 13.7. The molecule has 2 heterocycles. The average molecular weight is 539 g/mol. The number of ether oxygens (including phenoxy) is 2. The van der Waals surface area contributed by atoms with Gasteiger partial charge in [0, 0.05) is 35.7 Å². The van der Waals surface area contributed by atoms with Crippen molar-refractivity contribution in [2.24, 2.45) is 0 Å². The van der Waals surface area contributed by atoms with Gasteiger partial charge in [0.2, 0.25) is 0 Å². The van der Waals surface area contributed by atoms with Crippen LogP contribution in [0.15, 0.2) is 46.9 Å². The number of amides is 1. The van der Waals surface area contributed by atoms with E-state index in [1.54, 1.807) is 43.0 Å². The van der Waals surface area contributed by atoms with E-state index in [0.717, 1.165) is 34.3 Å². The van der Waals surface area contributed by atoms with Crippen molar-refractivity contribution in [2.75, 3.05) is 44.3 Å². The number of benzene rings is 2. The van der Waals surface area contributed by atoms with Gasteiger partial charge in [0.25, 0.3) is 5.91 Å². The van der Waals surface area contributed by atoms with Crippen molar-refractivity contribution in [1.82, 2.24) is 9.88 Å². The molecule has 2 aromatic carbocycles. The average Bonchev–Trinajstić information content (AvgIpc) is 3.19. The number of morpholine rings is 1. The Morgan fingerprint density at radius 3 is 2.69 bits per heavy atom. The number of nitrogens with zero attached hydrogens (tertiary/aromatic N) is 3. The quantitative estimate of drug-likeness (QED) is 0.412. The minimum atomic E-state index is -1.09. The fourth-order valence-corrected chi connectivity index (χ4v) is 5.19. The number of halogens is 2. The zero-order valence-corrected chi connectivity index (χ0v) is 21.2.